The van der Waals surface area contributed by atoms with E-state index < -0.39 is 0 Å². The highest BCUT2D eigenvalue weighted by Crippen LogP contribution is 2.22. The topological polar surface area (TPSA) is 105 Å². The Morgan fingerprint density at radius 1 is 1.38 bits per heavy atom. The number of rotatable bonds is 8. The second-order valence-corrected chi connectivity index (χ2v) is 6.83. The number of para-hydroxylation sites is 1. The van der Waals surface area contributed by atoms with E-state index in [9.17, 15) is 4.79 Å². The van der Waals surface area contributed by atoms with Crippen LogP contribution in [-0.2, 0) is 4.79 Å². The molecule has 2 unspecified atom stereocenters. The third-order valence-corrected chi connectivity index (χ3v) is 4.77. The molecule has 1 aliphatic rings. The van der Waals surface area contributed by atoms with Crippen molar-refractivity contribution in [3.05, 3.63) is 24.3 Å². The Hall–Kier alpha value is -2.41. The molecule has 7 nitrogen and oxygen atoms in total. The Morgan fingerprint density at radius 2 is 2.23 bits per heavy atom. The van der Waals surface area contributed by atoms with Crippen molar-refractivity contribution >= 4 is 28.6 Å². The van der Waals surface area contributed by atoms with Crippen LogP contribution in [0.5, 0.6) is 0 Å². The molecule has 1 aliphatic heterocycles. The molecule has 1 amide bonds. The largest absolute Gasteiger partial charge is 0.368 e. The van der Waals surface area contributed by atoms with Crippen LogP contribution in [-0.4, -0.2) is 41.0 Å². The van der Waals surface area contributed by atoms with E-state index in [0.717, 1.165) is 55.4 Å². The van der Waals surface area contributed by atoms with Crippen LogP contribution in [0.4, 0.5) is 11.8 Å². The number of nitrogens with one attached hydrogen (secondary N) is 3. The lowest BCUT2D eigenvalue weighted by atomic mass is 10.1. The molecule has 140 valence electrons. The summed E-state index contributed by atoms with van der Waals surface area (Å²) in [5.74, 6) is 1.06. The number of anilines is 2. The van der Waals surface area contributed by atoms with Crippen LogP contribution in [0.2, 0.25) is 0 Å². The van der Waals surface area contributed by atoms with Gasteiger partial charge >= 0.3 is 0 Å². The van der Waals surface area contributed by atoms with Crippen LogP contribution in [0.1, 0.15) is 39.0 Å². The van der Waals surface area contributed by atoms with E-state index in [0.29, 0.717) is 6.54 Å². The lowest BCUT2D eigenvalue weighted by Crippen LogP contribution is -2.44. The van der Waals surface area contributed by atoms with E-state index in [-0.39, 0.29) is 23.9 Å². The predicted molar refractivity (Wildman–Crippen MR) is 105 cm³/mol. The van der Waals surface area contributed by atoms with Gasteiger partial charge in [0.25, 0.3) is 0 Å². The Kier molecular flexibility index (Phi) is 6.22. The third kappa shape index (κ3) is 4.60. The number of nitrogens with zero attached hydrogens (tertiary/aromatic N) is 2. The van der Waals surface area contributed by atoms with Gasteiger partial charge in [0.15, 0.2) is 0 Å². The molecular weight excluding hydrogens is 328 g/mol. The standard InChI is InChI=1S/C19H28N6O/c1-2-3-7-13(12-22-18(26)16-10-6-11-21-16)23-17-14-8-4-5-9-15(14)24-19(20)25-17/h4-5,8-9,13,16,21H,2-3,6-7,10-12H2,1H3,(H,22,26)(H3,20,23,24,25). The molecule has 1 saturated heterocycles. The minimum Gasteiger partial charge on any atom is -0.368 e. The van der Waals surface area contributed by atoms with E-state index in [1.54, 1.807) is 0 Å². The van der Waals surface area contributed by atoms with E-state index in [1.807, 2.05) is 24.3 Å². The van der Waals surface area contributed by atoms with E-state index in [2.05, 4.69) is 32.8 Å². The van der Waals surface area contributed by atoms with Gasteiger partial charge in [0.2, 0.25) is 11.9 Å². The summed E-state index contributed by atoms with van der Waals surface area (Å²) < 4.78 is 0. The van der Waals surface area contributed by atoms with Crippen molar-refractivity contribution in [1.29, 1.82) is 0 Å². The quantitative estimate of drug-likeness (QED) is 0.577. The first-order chi connectivity index (χ1) is 12.7. The highest BCUT2D eigenvalue weighted by atomic mass is 16.2. The number of amides is 1. The number of aromatic nitrogens is 2. The summed E-state index contributed by atoms with van der Waals surface area (Å²) in [6, 6.07) is 7.83. The maximum Gasteiger partial charge on any atom is 0.237 e. The maximum absolute atomic E-state index is 12.3. The number of benzene rings is 1. The Bertz CT molecular complexity index is 744. The average Bonchev–Trinajstić information content (AvgIpc) is 3.18. The van der Waals surface area contributed by atoms with Crippen molar-refractivity contribution in [2.75, 3.05) is 24.1 Å². The molecule has 2 atom stereocenters. The molecule has 0 radical (unpaired) electrons. The van der Waals surface area contributed by atoms with Gasteiger partial charge in [-0.15, -0.1) is 0 Å². The Labute approximate surface area is 154 Å². The normalized spacial score (nSPS) is 18.0. The fourth-order valence-corrected chi connectivity index (χ4v) is 3.33. The molecule has 7 heteroatoms. The zero-order chi connectivity index (χ0) is 18.4. The van der Waals surface area contributed by atoms with Crippen molar-refractivity contribution < 1.29 is 4.79 Å². The highest BCUT2D eigenvalue weighted by Gasteiger charge is 2.22. The number of hydrogen-bond donors (Lipinski definition) is 4. The molecule has 26 heavy (non-hydrogen) atoms. The molecule has 0 aliphatic carbocycles. The summed E-state index contributed by atoms with van der Waals surface area (Å²) in [6.45, 7) is 3.65. The van der Waals surface area contributed by atoms with Crippen LogP contribution in [0, 0.1) is 0 Å². The number of nitrogen functional groups attached to an aromatic ring is 1. The van der Waals surface area contributed by atoms with Crippen molar-refractivity contribution in [2.24, 2.45) is 0 Å². The summed E-state index contributed by atoms with van der Waals surface area (Å²) >= 11 is 0. The number of hydrogen-bond acceptors (Lipinski definition) is 6. The third-order valence-electron chi connectivity index (χ3n) is 4.77. The van der Waals surface area contributed by atoms with E-state index in [1.165, 1.54) is 0 Å². The van der Waals surface area contributed by atoms with Crippen LogP contribution < -0.4 is 21.7 Å². The van der Waals surface area contributed by atoms with Gasteiger partial charge in [-0.3, -0.25) is 4.79 Å². The Morgan fingerprint density at radius 3 is 3.00 bits per heavy atom. The van der Waals surface area contributed by atoms with Crippen LogP contribution in [0.25, 0.3) is 10.9 Å². The fraction of sp³-hybridized carbons (Fsp3) is 0.526. The minimum atomic E-state index is -0.0580. The first-order valence-electron chi connectivity index (χ1n) is 9.47. The second kappa shape index (κ2) is 8.80. The molecule has 2 heterocycles. The molecule has 0 spiro atoms. The minimum absolute atomic E-state index is 0.0580. The number of carbonyl (C=O) groups excluding carboxylic acids is 1. The van der Waals surface area contributed by atoms with Crippen molar-refractivity contribution in [2.45, 2.75) is 51.1 Å². The zero-order valence-electron chi connectivity index (χ0n) is 15.3. The summed E-state index contributed by atoms with van der Waals surface area (Å²) in [4.78, 5) is 21.0. The van der Waals surface area contributed by atoms with Gasteiger partial charge in [0.1, 0.15) is 5.82 Å². The summed E-state index contributed by atoms with van der Waals surface area (Å²) in [5.41, 5.74) is 6.68. The summed E-state index contributed by atoms with van der Waals surface area (Å²) in [5, 5.41) is 10.7. The average molecular weight is 356 g/mol. The van der Waals surface area contributed by atoms with Gasteiger partial charge in [-0.1, -0.05) is 31.9 Å². The van der Waals surface area contributed by atoms with Gasteiger partial charge in [0, 0.05) is 18.0 Å². The molecule has 0 saturated carbocycles. The molecule has 3 rings (SSSR count). The second-order valence-electron chi connectivity index (χ2n) is 6.83. The highest BCUT2D eigenvalue weighted by molar-refractivity contribution is 5.90. The SMILES string of the molecule is CCCCC(CNC(=O)C1CCCN1)Nc1nc(N)nc2ccccc12. The van der Waals surface area contributed by atoms with Crippen LogP contribution in [0.3, 0.4) is 0 Å². The van der Waals surface area contributed by atoms with Gasteiger partial charge < -0.3 is 21.7 Å². The van der Waals surface area contributed by atoms with Gasteiger partial charge in [-0.2, -0.15) is 4.98 Å². The number of carbonyl (C=O) groups is 1. The monoisotopic (exact) mass is 356 g/mol. The van der Waals surface area contributed by atoms with E-state index >= 15 is 0 Å². The van der Waals surface area contributed by atoms with Crippen molar-refractivity contribution in [1.82, 2.24) is 20.6 Å². The zero-order valence-corrected chi connectivity index (χ0v) is 15.3. The first-order valence-corrected chi connectivity index (χ1v) is 9.47. The van der Waals surface area contributed by atoms with Crippen LogP contribution in [0.15, 0.2) is 24.3 Å². The Balaban J connectivity index is 1.70. The van der Waals surface area contributed by atoms with Gasteiger partial charge in [-0.05, 0) is 37.9 Å². The first kappa shape index (κ1) is 18.4. The molecular formula is C19H28N6O. The molecule has 2 aromatic rings. The summed E-state index contributed by atoms with van der Waals surface area (Å²) in [6.07, 6.45) is 5.09. The summed E-state index contributed by atoms with van der Waals surface area (Å²) in [7, 11) is 0. The molecule has 1 aromatic carbocycles. The smallest absolute Gasteiger partial charge is 0.237 e. The van der Waals surface area contributed by atoms with E-state index in [4.69, 9.17) is 5.73 Å². The lowest BCUT2D eigenvalue weighted by molar-refractivity contribution is -0.122. The lowest BCUT2D eigenvalue weighted by Gasteiger charge is -2.22. The molecule has 1 fully saturated rings. The maximum atomic E-state index is 12.3. The molecule has 5 N–H and O–H groups in total. The molecule has 0 bridgehead atoms. The number of unbranched alkanes of at least 4 members (excludes halogenated alkanes) is 1. The van der Waals surface area contributed by atoms with Crippen molar-refractivity contribution in [3.63, 3.8) is 0 Å². The number of nitrogens with two attached hydrogens (primary N) is 1. The van der Waals surface area contributed by atoms with Crippen LogP contribution >= 0.6 is 0 Å². The molecule has 1 aromatic heterocycles. The van der Waals surface area contributed by atoms with Gasteiger partial charge in [0.05, 0.1) is 11.6 Å². The number of fused-ring (bicyclic) bond motifs is 1. The van der Waals surface area contributed by atoms with Gasteiger partial charge in [-0.25, -0.2) is 4.98 Å². The fourth-order valence-electron chi connectivity index (χ4n) is 3.33. The van der Waals surface area contributed by atoms with Crippen molar-refractivity contribution in [3.8, 4) is 0 Å². The predicted octanol–water partition coefficient (Wildman–Crippen LogP) is 2.05.